The second-order valence-corrected chi connectivity index (χ2v) is 3.75. The molecule has 0 unspecified atom stereocenters. The molecule has 0 aliphatic heterocycles. The van der Waals surface area contributed by atoms with E-state index in [9.17, 15) is 9.90 Å². The van der Waals surface area contributed by atoms with Crippen LogP contribution in [0.4, 0.5) is 5.69 Å². The third-order valence-electron chi connectivity index (χ3n) is 2.45. The summed E-state index contributed by atoms with van der Waals surface area (Å²) in [4.78, 5) is 14.8. The van der Waals surface area contributed by atoms with E-state index in [2.05, 4.69) is 10.3 Å². The minimum Gasteiger partial charge on any atom is -1.00 e. The zero-order valence-electron chi connectivity index (χ0n) is 11.5. The number of benzene rings is 1. The Morgan fingerprint density at radius 2 is 2.16 bits per heavy atom. The standard InChI is InChI=1S/C13H12N2O3.Na.H/c16-12-4-3-9(6-11(12)13(17)18)7-15-10-2-1-5-14-8-10;;/h1-6,8,15-16H,7H2,(H,17,18);;/q;+1;-1. The number of phenols is 1. The smallest absolute Gasteiger partial charge is 1.00 e. The van der Waals surface area contributed by atoms with Gasteiger partial charge in [-0.2, -0.15) is 0 Å². The molecule has 0 atom stereocenters. The number of nitrogens with one attached hydrogen (secondary N) is 1. The fourth-order valence-electron chi connectivity index (χ4n) is 1.54. The van der Waals surface area contributed by atoms with Crippen LogP contribution in [0.5, 0.6) is 5.75 Å². The quantitative estimate of drug-likeness (QED) is 0.633. The number of rotatable bonds is 4. The van der Waals surface area contributed by atoms with E-state index >= 15 is 0 Å². The minimum atomic E-state index is -1.14. The fraction of sp³-hybridized carbons (Fsp3) is 0.0769. The average molecular weight is 268 g/mol. The molecule has 1 aromatic carbocycles. The number of aromatic carboxylic acids is 1. The molecule has 0 amide bonds. The molecule has 2 rings (SSSR count). The van der Waals surface area contributed by atoms with Crippen LogP contribution in [0.3, 0.4) is 0 Å². The van der Waals surface area contributed by atoms with Crippen molar-refractivity contribution in [3.05, 3.63) is 53.9 Å². The van der Waals surface area contributed by atoms with Crippen LogP contribution in [0.2, 0.25) is 0 Å². The van der Waals surface area contributed by atoms with Crippen molar-refractivity contribution in [2.24, 2.45) is 0 Å². The van der Waals surface area contributed by atoms with Crippen molar-refractivity contribution in [1.29, 1.82) is 0 Å². The van der Waals surface area contributed by atoms with Crippen LogP contribution in [-0.4, -0.2) is 21.2 Å². The first kappa shape index (κ1) is 15.5. The van der Waals surface area contributed by atoms with Crippen LogP contribution in [0.25, 0.3) is 0 Å². The zero-order valence-corrected chi connectivity index (χ0v) is 12.5. The van der Waals surface area contributed by atoms with E-state index in [0.29, 0.717) is 6.54 Å². The number of pyridine rings is 1. The van der Waals surface area contributed by atoms with E-state index in [4.69, 9.17) is 5.11 Å². The van der Waals surface area contributed by atoms with Gasteiger partial charge in [0, 0.05) is 18.9 Å². The van der Waals surface area contributed by atoms with E-state index in [0.717, 1.165) is 11.3 Å². The van der Waals surface area contributed by atoms with E-state index in [-0.39, 0.29) is 42.3 Å². The predicted molar refractivity (Wildman–Crippen MR) is 67.7 cm³/mol. The number of hydrogen-bond donors (Lipinski definition) is 3. The Balaban J connectivity index is 0.00000180. The summed E-state index contributed by atoms with van der Waals surface area (Å²) in [6.45, 7) is 0.465. The Morgan fingerprint density at radius 1 is 1.37 bits per heavy atom. The summed E-state index contributed by atoms with van der Waals surface area (Å²) in [7, 11) is 0. The Hall–Kier alpha value is -1.56. The monoisotopic (exact) mass is 268 g/mol. The Morgan fingerprint density at radius 3 is 2.79 bits per heavy atom. The largest absolute Gasteiger partial charge is 1.00 e. The van der Waals surface area contributed by atoms with Gasteiger partial charge < -0.3 is 17.0 Å². The van der Waals surface area contributed by atoms with E-state index in [1.165, 1.54) is 12.1 Å². The van der Waals surface area contributed by atoms with Gasteiger partial charge in [0.1, 0.15) is 11.3 Å². The average Bonchev–Trinajstić information content (AvgIpc) is 2.38. The first-order valence-electron chi connectivity index (χ1n) is 5.36. The third kappa shape index (κ3) is 4.24. The van der Waals surface area contributed by atoms with Crippen molar-refractivity contribution in [3.8, 4) is 5.75 Å². The van der Waals surface area contributed by atoms with Gasteiger partial charge in [-0.05, 0) is 29.8 Å². The zero-order chi connectivity index (χ0) is 13.0. The molecule has 5 nitrogen and oxygen atoms in total. The predicted octanol–water partition coefficient (Wildman–Crippen LogP) is -0.786. The van der Waals surface area contributed by atoms with Crippen molar-refractivity contribution in [2.75, 3.05) is 5.32 Å². The molecule has 94 valence electrons. The number of carboxylic acids is 1. The van der Waals surface area contributed by atoms with E-state index in [1.54, 1.807) is 18.5 Å². The maximum atomic E-state index is 10.9. The molecule has 0 saturated carbocycles. The summed E-state index contributed by atoms with van der Waals surface area (Å²) in [5, 5.41) is 21.4. The SMILES string of the molecule is O=C(O)c1cc(CNc2cccnc2)ccc1O.[H-].[Na+]. The van der Waals surface area contributed by atoms with Gasteiger partial charge >= 0.3 is 35.5 Å². The molecule has 3 N–H and O–H groups in total. The molecule has 0 spiro atoms. The summed E-state index contributed by atoms with van der Waals surface area (Å²) in [5.74, 6) is -1.37. The maximum Gasteiger partial charge on any atom is 1.00 e. The van der Waals surface area contributed by atoms with Crippen molar-refractivity contribution in [3.63, 3.8) is 0 Å². The van der Waals surface area contributed by atoms with Gasteiger partial charge in [-0.1, -0.05) is 6.07 Å². The second-order valence-electron chi connectivity index (χ2n) is 3.75. The Kier molecular flexibility index (Phi) is 5.82. The molecule has 19 heavy (non-hydrogen) atoms. The molecule has 0 radical (unpaired) electrons. The van der Waals surface area contributed by atoms with Crippen molar-refractivity contribution < 1.29 is 46.0 Å². The molecule has 0 aliphatic rings. The van der Waals surface area contributed by atoms with Gasteiger partial charge in [-0.25, -0.2) is 4.79 Å². The molecular weight excluding hydrogens is 255 g/mol. The minimum absolute atomic E-state index is 0. The van der Waals surface area contributed by atoms with Crippen molar-refractivity contribution >= 4 is 11.7 Å². The number of carboxylic acid groups (broad SMARTS) is 1. The van der Waals surface area contributed by atoms with Crippen LogP contribution in [-0.2, 0) is 6.54 Å². The first-order chi connectivity index (χ1) is 8.66. The summed E-state index contributed by atoms with van der Waals surface area (Å²) < 4.78 is 0. The molecule has 1 aromatic heterocycles. The summed E-state index contributed by atoms with van der Waals surface area (Å²) >= 11 is 0. The van der Waals surface area contributed by atoms with Crippen molar-refractivity contribution in [2.45, 2.75) is 6.54 Å². The second kappa shape index (κ2) is 7.13. The van der Waals surface area contributed by atoms with Crippen LogP contribution in [0.15, 0.2) is 42.7 Å². The van der Waals surface area contributed by atoms with Gasteiger partial charge in [0.2, 0.25) is 0 Å². The molecule has 0 aliphatic carbocycles. The van der Waals surface area contributed by atoms with Gasteiger partial charge in [0.05, 0.1) is 5.69 Å². The number of nitrogens with zero attached hydrogens (tertiary/aromatic N) is 1. The van der Waals surface area contributed by atoms with Crippen LogP contribution in [0.1, 0.15) is 17.3 Å². The molecule has 2 aromatic rings. The number of anilines is 1. The van der Waals surface area contributed by atoms with E-state index in [1.807, 2.05) is 12.1 Å². The Bertz CT molecular complexity index is 567. The van der Waals surface area contributed by atoms with Gasteiger partial charge in [-0.3, -0.25) is 4.98 Å². The molecular formula is C13H13N2NaO3. The Labute approximate surface area is 134 Å². The maximum absolute atomic E-state index is 10.9. The van der Waals surface area contributed by atoms with Crippen LogP contribution in [0, 0.1) is 0 Å². The van der Waals surface area contributed by atoms with Gasteiger partial charge in [-0.15, -0.1) is 0 Å². The summed E-state index contributed by atoms with van der Waals surface area (Å²) in [6.07, 6.45) is 3.35. The normalized spacial score (nSPS) is 9.47. The molecule has 0 saturated heterocycles. The fourth-order valence-corrected chi connectivity index (χ4v) is 1.54. The molecule has 6 heteroatoms. The number of hydrogen-bond acceptors (Lipinski definition) is 4. The molecule has 1 heterocycles. The van der Waals surface area contributed by atoms with Gasteiger partial charge in [0.25, 0.3) is 0 Å². The number of carbonyl (C=O) groups is 1. The van der Waals surface area contributed by atoms with E-state index < -0.39 is 5.97 Å². The summed E-state index contributed by atoms with van der Waals surface area (Å²) in [5.41, 5.74) is 1.52. The summed E-state index contributed by atoms with van der Waals surface area (Å²) in [6, 6.07) is 8.17. The molecule has 0 bridgehead atoms. The van der Waals surface area contributed by atoms with Crippen LogP contribution >= 0.6 is 0 Å². The van der Waals surface area contributed by atoms with Crippen molar-refractivity contribution in [1.82, 2.24) is 4.98 Å². The first-order valence-corrected chi connectivity index (χ1v) is 5.36. The van der Waals surface area contributed by atoms with Crippen LogP contribution < -0.4 is 34.9 Å². The third-order valence-corrected chi connectivity index (χ3v) is 2.45. The molecule has 0 fully saturated rings. The number of aromatic nitrogens is 1. The van der Waals surface area contributed by atoms with Gasteiger partial charge in [0.15, 0.2) is 0 Å². The topological polar surface area (TPSA) is 82.5 Å². The number of aromatic hydroxyl groups is 1.